The fourth-order valence-electron chi connectivity index (χ4n) is 6.48. The fourth-order valence-corrected chi connectivity index (χ4v) is 6.48. The molecule has 0 spiro atoms. The van der Waals surface area contributed by atoms with E-state index in [0.717, 1.165) is 22.4 Å². The molecule has 50 heavy (non-hydrogen) atoms. The zero-order valence-electron chi connectivity index (χ0n) is 31.9. The van der Waals surface area contributed by atoms with Crippen LogP contribution in [-0.2, 0) is 33.7 Å². The normalized spacial score (nSPS) is 10.9. The Kier molecular flexibility index (Phi) is 18.0. The summed E-state index contributed by atoms with van der Waals surface area (Å²) in [5.74, 6) is 2.48. The van der Waals surface area contributed by atoms with Crippen molar-refractivity contribution in [1.82, 2.24) is 0 Å². The summed E-state index contributed by atoms with van der Waals surface area (Å²) in [6, 6.07) is 40.4. The molecule has 0 fully saturated rings. The predicted molar refractivity (Wildman–Crippen MR) is 224 cm³/mol. The molecule has 0 unspecified atom stereocenters. The van der Waals surface area contributed by atoms with Gasteiger partial charge < -0.3 is 0 Å². The van der Waals surface area contributed by atoms with Crippen LogP contribution in [-0.4, -0.2) is 9.52 Å². The number of fused-ring (bicyclic) bond motifs is 2. The average molecular weight is 799 g/mol. The molecule has 0 saturated carbocycles. The quantitative estimate of drug-likeness (QED) is 0.106. The van der Waals surface area contributed by atoms with Gasteiger partial charge in [-0.2, -0.15) is 12.1 Å². The van der Waals surface area contributed by atoms with Gasteiger partial charge in [-0.25, -0.2) is 0 Å². The van der Waals surface area contributed by atoms with Gasteiger partial charge in [0.2, 0.25) is 0 Å². The van der Waals surface area contributed by atoms with Crippen molar-refractivity contribution in [3.8, 4) is 22.3 Å². The van der Waals surface area contributed by atoms with Crippen LogP contribution in [0.15, 0.2) is 109 Å². The Morgan fingerprint density at radius 3 is 1.14 bits per heavy atom. The molecule has 2 radical (unpaired) electrons. The predicted octanol–water partition coefficient (Wildman–Crippen LogP) is 15.3. The zero-order chi connectivity index (χ0) is 36.8. The van der Waals surface area contributed by atoms with Crippen LogP contribution < -0.4 is 0 Å². The van der Waals surface area contributed by atoms with Crippen molar-refractivity contribution in [3.63, 3.8) is 0 Å². The van der Waals surface area contributed by atoms with Crippen molar-refractivity contribution >= 4 is 48.1 Å². The third-order valence-electron chi connectivity index (χ3n) is 8.71. The molecular formula is C46H56Cl2SiZr. The topological polar surface area (TPSA) is 0 Å². The fraction of sp³-hybridized carbons (Fsp3) is 0.348. The SMILES string of the molecule is CC(C)Cc1ccc2[cH-]c(C(C)C)cc2c1-c1ccccc1.CC(C)Cc1ccc2[cH-]c(C(C)C)cc2c1-c1ccccc1.C[Si]C.[Cl][Zr+2][Cl]. The van der Waals surface area contributed by atoms with Gasteiger partial charge in [0.25, 0.3) is 0 Å². The molecule has 0 aromatic heterocycles. The van der Waals surface area contributed by atoms with Crippen LogP contribution in [0.4, 0.5) is 0 Å². The molecule has 0 amide bonds. The third-order valence-corrected chi connectivity index (χ3v) is 8.71. The van der Waals surface area contributed by atoms with Crippen LogP contribution in [0.1, 0.15) is 89.5 Å². The van der Waals surface area contributed by atoms with E-state index in [4.69, 9.17) is 17.0 Å². The summed E-state index contributed by atoms with van der Waals surface area (Å²) in [7, 11) is 11.0. The van der Waals surface area contributed by atoms with Gasteiger partial charge in [0.1, 0.15) is 0 Å². The molecule has 6 aromatic rings. The minimum absolute atomic E-state index is 0.574. The Labute approximate surface area is 325 Å². The molecule has 0 saturated heterocycles. The molecule has 0 heterocycles. The summed E-state index contributed by atoms with van der Waals surface area (Å²) < 4.78 is 0. The molecule has 6 rings (SSSR count). The number of hydrogen-bond acceptors (Lipinski definition) is 0. The van der Waals surface area contributed by atoms with Crippen LogP contribution in [0, 0.1) is 11.8 Å². The first-order valence-corrected chi connectivity index (χ1v) is 26.4. The molecule has 0 N–H and O–H groups in total. The van der Waals surface area contributed by atoms with E-state index < -0.39 is 20.8 Å². The van der Waals surface area contributed by atoms with Crippen molar-refractivity contribution in [2.45, 2.75) is 93.2 Å². The summed E-state index contributed by atoms with van der Waals surface area (Å²) in [5, 5.41) is 5.56. The van der Waals surface area contributed by atoms with Gasteiger partial charge in [0, 0.05) is 9.52 Å². The second-order valence-corrected chi connectivity index (χ2v) is 19.3. The first kappa shape index (κ1) is 42.2. The van der Waals surface area contributed by atoms with E-state index in [9.17, 15) is 0 Å². The Morgan fingerprint density at radius 2 is 0.860 bits per heavy atom. The summed E-state index contributed by atoms with van der Waals surface area (Å²) in [6.45, 7) is 22.6. The average Bonchev–Trinajstić information content (AvgIpc) is 3.72. The van der Waals surface area contributed by atoms with E-state index >= 15 is 0 Å². The van der Waals surface area contributed by atoms with E-state index in [1.54, 1.807) is 0 Å². The van der Waals surface area contributed by atoms with Crippen molar-refractivity contribution in [3.05, 3.63) is 131 Å². The molecule has 0 aliphatic heterocycles. The van der Waals surface area contributed by atoms with Crippen molar-refractivity contribution in [2.24, 2.45) is 11.8 Å². The third kappa shape index (κ3) is 11.9. The number of rotatable bonds is 8. The van der Waals surface area contributed by atoms with Gasteiger partial charge in [-0.1, -0.05) is 151 Å². The Balaban J connectivity index is 0.000000234. The molecule has 6 aromatic carbocycles. The number of halogens is 2. The molecule has 0 aliphatic carbocycles. The maximum absolute atomic E-state index is 4.93. The number of benzene rings is 4. The standard InChI is InChI=1S/2C22H25.C2H6Si.2ClH.Zr/c2*1-15(2)12-19-11-10-18-13-20(16(3)4)14-21(18)22(19)17-8-6-5-7-9-17;1-3-2;;;/h2*5-11,13-16H,12H2,1-4H3;1-2H3;2*1H;/q2*-1;;;;+4/p-2. The van der Waals surface area contributed by atoms with Gasteiger partial charge in [-0.15, -0.1) is 69.1 Å². The molecular weight excluding hydrogens is 743 g/mol. The minimum atomic E-state index is -0.826. The van der Waals surface area contributed by atoms with Crippen molar-refractivity contribution in [2.75, 3.05) is 0 Å². The zero-order valence-corrected chi connectivity index (χ0v) is 36.8. The van der Waals surface area contributed by atoms with Gasteiger partial charge in [0.05, 0.1) is 0 Å². The van der Waals surface area contributed by atoms with E-state index in [2.05, 4.69) is 178 Å². The van der Waals surface area contributed by atoms with Crippen LogP contribution in [0.25, 0.3) is 43.8 Å². The van der Waals surface area contributed by atoms with E-state index in [0.29, 0.717) is 23.7 Å². The monoisotopic (exact) mass is 796 g/mol. The molecule has 0 nitrogen and oxygen atoms in total. The summed E-state index contributed by atoms with van der Waals surface area (Å²) in [6.07, 6.45) is 2.25. The maximum atomic E-state index is 4.93. The second kappa shape index (κ2) is 21.3. The van der Waals surface area contributed by atoms with Crippen LogP contribution in [0.2, 0.25) is 13.1 Å². The number of hydrogen-bond donors (Lipinski definition) is 0. The van der Waals surface area contributed by atoms with Gasteiger partial charge >= 0.3 is 37.9 Å². The molecule has 0 atom stereocenters. The van der Waals surface area contributed by atoms with E-state index in [1.165, 1.54) is 66.1 Å². The van der Waals surface area contributed by atoms with Crippen LogP contribution >= 0.6 is 17.0 Å². The van der Waals surface area contributed by atoms with Gasteiger partial charge in [0.15, 0.2) is 0 Å². The van der Waals surface area contributed by atoms with Gasteiger partial charge in [-0.3, -0.25) is 0 Å². The van der Waals surface area contributed by atoms with E-state index in [-0.39, 0.29) is 0 Å². The van der Waals surface area contributed by atoms with Crippen LogP contribution in [0.3, 0.4) is 0 Å². The second-order valence-electron chi connectivity index (χ2n) is 14.6. The van der Waals surface area contributed by atoms with Gasteiger partial charge in [-0.05, 0) is 47.6 Å². The molecule has 0 aliphatic rings. The summed E-state index contributed by atoms with van der Waals surface area (Å²) in [4.78, 5) is 0. The van der Waals surface area contributed by atoms with Crippen molar-refractivity contribution in [1.29, 1.82) is 0 Å². The summed E-state index contributed by atoms with van der Waals surface area (Å²) >= 11 is -0.826. The Morgan fingerprint density at radius 1 is 0.540 bits per heavy atom. The first-order chi connectivity index (χ1) is 23.9. The van der Waals surface area contributed by atoms with Crippen LogP contribution in [0.5, 0.6) is 0 Å². The van der Waals surface area contributed by atoms with Crippen molar-refractivity contribution < 1.29 is 20.8 Å². The molecule has 0 bridgehead atoms. The molecule has 4 heteroatoms. The van der Waals surface area contributed by atoms with E-state index in [1.807, 2.05) is 0 Å². The first-order valence-electron chi connectivity index (χ1n) is 18.0. The molecule has 262 valence electrons. The Bertz CT molecular complexity index is 1710. The summed E-state index contributed by atoms with van der Waals surface area (Å²) in [5.41, 5.74) is 11.3. The Hall–Kier alpha value is -2.22.